The summed E-state index contributed by atoms with van der Waals surface area (Å²) in [5, 5.41) is 2.66. The Hall–Kier alpha value is -2.71. The molecule has 1 fully saturated rings. The first-order chi connectivity index (χ1) is 13.1. The number of nitrogens with zero attached hydrogens (tertiary/aromatic N) is 1. The third-order valence-electron chi connectivity index (χ3n) is 4.34. The molecule has 0 aromatic heterocycles. The molecule has 1 saturated heterocycles. The van der Waals surface area contributed by atoms with E-state index >= 15 is 0 Å². The summed E-state index contributed by atoms with van der Waals surface area (Å²) in [7, 11) is -3.75. The van der Waals surface area contributed by atoms with Crippen LogP contribution in [0.3, 0.4) is 0 Å². The summed E-state index contributed by atoms with van der Waals surface area (Å²) in [6, 6.07) is 10.4. The van der Waals surface area contributed by atoms with Crippen LogP contribution in [-0.2, 0) is 14.8 Å². The van der Waals surface area contributed by atoms with Gasteiger partial charge in [0.2, 0.25) is 15.9 Å². The second-order valence-corrected chi connectivity index (χ2v) is 8.80. The van der Waals surface area contributed by atoms with E-state index in [0.717, 1.165) is 4.31 Å². The summed E-state index contributed by atoms with van der Waals surface area (Å²) in [5.41, 5.74) is 1.22. The van der Waals surface area contributed by atoms with Gasteiger partial charge in [-0.15, -0.1) is 0 Å². The molecule has 0 spiro atoms. The van der Waals surface area contributed by atoms with Gasteiger partial charge in [-0.05, 0) is 49.4 Å². The van der Waals surface area contributed by atoms with E-state index in [1.807, 2.05) is 0 Å². The van der Waals surface area contributed by atoms with Crippen LogP contribution in [0.5, 0.6) is 0 Å². The number of Topliss-reactive ketones (excluding diaryl/α,β-unsaturated/α-hetero) is 1. The highest BCUT2D eigenvalue weighted by Gasteiger charge is 2.42. The summed E-state index contributed by atoms with van der Waals surface area (Å²) in [5.74, 6) is -2.01. The van der Waals surface area contributed by atoms with Gasteiger partial charge in [0.1, 0.15) is 0 Å². The lowest BCUT2D eigenvalue weighted by Crippen LogP contribution is -2.30. The van der Waals surface area contributed by atoms with E-state index in [1.54, 1.807) is 31.2 Å². The highest BCUT2D eigenvalue weighted by atomic mass is 35.5. The number of carbonyl (C=O) groups is 3. The van der Waals surface area contributed by atoms with E-state index in [4.69, 9.17) is 11.6 Å². The molecule has 9 heteroatoms. The second-order valence-electron chi connectivity index (χ2n) is 6.53. The molecular formula is C19H17ClN2O5S. The van der Waals surface area contributed by atoms with Crippen molar-refractivity contribution in [3.63, 3.8) is 0 Å². The van der Waals surface area contributed by atoms with Crippen molar-refractivity contribution in [1.29, 1.82) is 0 Å². The van der Waals surface area contributed by atoms with Gasteiger partial charge in [0.25, 0.3) is 5.91 Å². The van der Waals surface area contributed by atoms with E-state index in [9.17, 15) is 22.8 Å². The number of benzene rings is 2. The number of amides is 2. The van der Waals surface area contributed by atoms with Crippen LogP contribution in [0.4, 0.5) is 11.4 Å². The van der Waals surface area contributed by atoms with E-state index in [0.29, 0.717) is 11.3 Å². The lowest BCUT2D eigenvalue weighted by molar-refractivity contribution is -0.119. The molecule has 0 bridgehead atoms. The number of hydrogen-bond donors (Lipinski definition) is 1. The lowest BCUT2D eigenvalue weighted by atomic mass is 10.1. The van der Waals surface area contributed by atoms with Gasteiger partial charge in [0, 0.05) is 11.3 Å². The predicted molar refractivity (Wildman–Crippen MR) is 106 cm³/mol. The Kier molecular flexibility index (Phi) is 5.27. The van der Waals surface area contributed by atoms with Crippen molar-refractivity contribution < 1.29 is 22.8 Å². The predicted octanol–water partition coefficient (Wildman–Crippen LogP) is 3.11. The van der Waals surface area contributed by atoms with Gasteiger partial charge in [-0.25, -0.2) is 12.7 Å². The summed E-state index contributed by atoms with van der Waals surface area (Å²) in [6.45, 7) is 2.99. The first kappa shape index (κ1) is 20.0. The number of ketones is 1. The third-order valence-corrected chi connectivity index (χ3v) is 6.52. The van der Waals surface area contributed by atoms with Crippen molar-refractivity contribution in [3.8, 4) is 0 Å². The lowest BCUT2D eigenvalue weighted by Gasteiger charge is -2.16. The molecule has 146 valence electrons. The van der Waals surface area contributed by atoms with Crippen molar-refractivity contribution in [2.45, 2.75) is 13.8 Å². The monoisotopic (exact) mass is 420 g/mol. The highest BCUT2D eigenvalue weighted by Crippen LogP contribution is 2.31. The molecule has 1 aliphatic rings. The van der Waals surface area contributed by atoms with E-state index in [1.165, 1.54) is 25.1 Å². The zero-order valence-electron chi connectivity index (χ0n) is 15.1. The van der Waals surface area contributed by atoms with Crippen molar-refractivity contribution in [2.24, 2.45) is 5.92 Å². The van der Waals surface area contributed by atoms with Gasteiger partial charge in [-0.2, -0.15) is 0 Å². The maximum atomic E-state index is 12.5. The summed E-state index contributed by atoms with van der Waals surface area (Å²) in [4.78, 5) is 35.9. The Labute approximate surface area is 167 Å². The zero-order valence-corrected chi connectivity index (χ0v) is 16.7. The number of carbonyl (C=O) groups excluding carboxylic acids is 3. The summed E-state index contributed by atoms with van der Waals surface area (Å²) < 4.78 is 25.1. The van der Waals surface area contributed by atoms with Crippen molar-refractivity contribution >= 4 is 50.6 Å². The van der Waals surface area contributed by atoms with Crippen LogP contribution in [-0.4, -0.2) is 31.8 Å². The first-order valence-corrected chi connectivity index (χ1v) is 10.4. The quantitative estimate of drug-likeness (QED) is 0.766. The van der Waals surface area contributed by atoms with Gasteiger partial charge in [-0.1, -0.05) is 18.5 Å². The van der Waals surface area contributed by atoms with Crippen LogP contribution in [0.25, 0.3) is 0 Å². The van der Waals surface area contributed by atoms with Crippen LogP contribution in [0.1, 0.15) is 34.6 Å². The van der Waals surface area contributed by atoms with Crippen molar-refractivity contribution in [2.75, 3.05) is 15.4 Å². The number of nitrogens with one attached hydrogen (secondary N) is 1. The Morgan fingerprint density at radius 2 is 1.79 bits per heavy atom. The molecule has 1 heterocycles. The van der Waals surface area contributed by atoms with Crippen LogP contribution < -0.4 is 9.62 Å². The number of sulfonamides is 1. The minimum atomic E-state index is -3.75. The molecule has 1 unspecified atom stereocenters. The SMILES string of the molecule is CC(=O)c1ccc(NC(=O)c2ccc(N3C(=O)C(C)CS3(=O)=O)cc2Cl)cc1. The molecule has 2 amide bonds. The topological polar surface area (TPSA) is 101 Å². The van der Waals surface area contributed by atoms with Gasteiger partial charge in [0.15, 0.2) is 5.78 Å². The maximum Gasteiger partial charge on any atom is 0.257 e. The van der Waals surface area contributed by atoms with Crippen molar-refractivity contribution in [1.82, 2.24) is 0 Å². The fraction of sp³-hybridized carbons (Fsp3) is 0.211. The van der Waals surface area contributed by atoms with Gasteiger partial charge < -0.3 is 5.32 Å². The molecular weight excluding hydrogens is 404 g/mol. The van der Waals surface area contributed by atoms with Crippen LogP contribution >= 0.6 is 11.6 Å². The Bertz CT molecular complexity index is 1080. The Balaban J connectivity index is 1.83. The number of hydrogen-bond acceptors (Lipinski definition) is 5. The first-order valence-electron chi connectivity index (χ1n) is 8.39. The molecule has 1 aliphatic heterocycles. The van der Waals surface area contributed by atoms with Crippen molar-refractivity contribution in [3.05, 3.63) is 58.6 Å². The minimum Gasteiger partial charge on any atom is -0.322 e. The number of halogens is 1. The zero-order chi connectivity index (χ0) is 20.6. The van der Waals surface area contributed by atoms with E-state index in [-0.39, 0.29) is 27.8 Å². The third kappa shape index (κ3) is 3.79. The molecule has 0 aliphatic carbocycles. The molecule has 1 N–H and O–H groups in total. The Morgan fingerprint density at radius 3 is 2.29 bits per heavy atom. The minimum absolute atomic E-state index is 0.0120. The van der Waals surface area contributed by atoms with Crippen LogP contribution in [0, 0.1) is 5.92 Å². The van der Waals surface area contributed by atoms with Crippen LogP contribution in [0.2, 0.25) is 5.02 Å². The van der Waals surface area contributed by atoms with E-state index < -0.39 is 27.8 Å². The largest absolute Gasteiger partial charge is 0.322 e. The second kappa shape index (κ2) is 7.37. The normalized spacial score (nSPS) is 18.2. The van der Waals surface area contributed by atoms with Crippen LogP contribution in [0.15, 0.2) is 42.5 Å². The average molecular weight is 421 g/mol. The van der Waals surface area contributed by atoms with E-state index in [2.05, 4.69) is 5.32 Å². The standard InChI is InChI=1S/C19H17ClN2O5S/c1-11-10-28(26,27)22(19(11)25)15-7-8-16(17(20)9-15)18(24)21-14-5-3-13(4-6-14)12(2)23/h3-9,11H,10H2,1-2H3,(H,21,24). The van der Waals surface area contributed by atoms with Gasteiger partial charge in [-0.3, -0.25) is 14.4 Å². The molecule has 7 nitrogen and oxygen atoms in total. The molecule has 28 heavy (non-hydrogen) atoms. The molecule has 0 radical (unpaired) electrons. The smallest absolute Gasteiger partial charge is 0.257 e. The fourth-order valence-electron chi connectivity index (χ4n) is 2.89. The van der Waals surface area contributed by atoms with Gasteiger partial charge >= 0.3 is 0 Å². The summed E-state index contributed by atoms with van der Waals surface area (Å²) in [6.07, 6.45) is 0. The molecule has 1 atom stereocenters. The highest BCUT2D eigenvalue weighted by molar-refractivity contribution is 7.94. The molecule has 3 rings (SSSR count). The fourth-order valence-corrected chi connectivity index (χ4v) is 4.96. The summed E-state index contributed by atoms with van der Waals surface area (Å²) >= 11 is 6.17. The molecule has 2 aromatic carbocycles. The average Bonchev–Trinajstić information content (AvgIpc) is 2.82. The van der Waals surface area contributed by atoms with Gasteiger partial charge in [0.05, 0.1) is 27.9 Å². The number of rotatable bonds is 4. The number of anilines is 2. The molecule has 2 aromatic rings. The Morgan fingerprint density at radius 1 is 1.14 bits per heavy atom. The molecule has 0 saturated carbocycles. The maximum absolute atomic E-state index is 12.5.